The highest BCUT2D eigenvalue weighted by molar-refractivity contribution is 5.89. The number of hydrogen-bond acceptors (Lipinski definition) is 7. The molecule has 3 atom stereocenters. The van der Waals surface area contributed by atoms with Crippen molar-refractivity contribution in [2.75, 3.05) is 47.1 Å². The molecule has 0 radical (unpaired) electrons. The van der Waals surface area contributed by atoms with Gasteiger partial charge in [-0.25, -0.2) is 0 Å². The van der Waals surface area contributed by atoms with Gasteiger partial charge >= 0.3 is 0 Å². The normalized spacial score (nSPS) is 18.6. The monoisotopic (exact) mass is 571 g/mol. The quantitative estimate of drug-likeness (QED) is 0.187. The molecule has 0 amide bonds. The Bertz CT molecular complexity index is 1410. The van der Waals surface area contributed by atoms with Crippen LogP contribution in [-0.2, 0) is 22.7 Å². The van der Waals surface area contributed by atoms with Crippen LogP contribution in [0.2, 0.25) is 0 Å². The van der Waals surface area contributed by atoms with E-state index in [1.165, 1.54) is 0 Å². The van der Waals surface area contributed by atoms with E-state index in [4.69, 9.17) is 23.7 Å². The summed E-state index contributed by atoms with van der Waals surface area (Å²) in [5, 5.41) is 15.9. The first-order valence-corrected chi connectivity index (χ1v) is 14.6. The summed E-state index contributed by atoms with van der Waals surface area (Å²) in [4.78, 5) is 0. The molecular formula is C35H41NO6. The molecule has 0 bridgehead atoms. The van der Waals surface area contributed by atoms with Crippen molar-refractivity contribution in [2.24, 2.45) is 5.92 Å². The highest BCUT2D eigenvalue weighted by Crippen LogP contribution is 2.34. The number of fused-ring (bicyclic) bond motifs is 1. The number of aliphatic hydroxyl groups is 1. The lowest BCUT2D eigenvalue weighted by molar-refractivity contribution is -0.0151. The smallest absolute Gasteiger partial charge is 0.127 e. The fourth-order valence-electron chi connectivity index (χ4n) is 5.73. The Labute approximate surface area is 248 Å². The summed E-state index contributed by atoms with van der Waals surface area (Å²) in [5.74, 6) is 2.63. The molecule has 1 aliphatic rings. The molecule has 1 aliphatic heterocycles. The van der Waals surface area contributed by atoms with Gasteiger partial charge in [0, 0.05) is 48.9 Å². The van der Waals surface area contributed by atoms with Crippen molar-refractivity contribution < 1.29 is 28.8 Å². The molecule has 2 N–H and O–H groups in total. The molecule has 0 spiro atoms. The predicted octanol–water partition coefficient (Wildman–Crippen LogP) is 5.72. The molecule has 4 aromatic carbocycles. The summed E-state index contributed by atoms with van der Waals surface area (Å²) >= 11 is 0. The Hall–Kier alpha value is -3.62. The second-order valence-corrected chi connectivity index (χ2v) is 10.6. The summed E-state index contributed by atoms with van der Waals surface area (Å²) in [6.45, 7) is 3.71. The first kappa shape index (κ1) is 29.9. The third kappa shape index (κ3) is 7.41. The van der Waals surface area contributed by atoms with Crippen LogP contribution in [0.3, 0.4) is 0 Å². The SMILES string of the molecule is COc1ccccc1COCCCOc1ccc([C@H]2C(CO)CNCC2OCc2cc(OC)c3ccccc3c2)cc1. The lowest BCUT2D eigenvalue weighted by Crippen LogP contribution is -2.47. The molecule has 222 valence electrons. The van der Waals surface area contributed by atoms with Gasteiger partial charge in [0.1, 0.15) is 17.2 Å². The Kier molecular flexibility index (Phi) is 10.7. The maximum absolute atomic E-state index is 10.2. The number of rotatable bonds is 14. The van der Waals surface area contributed by atoms with Crippen molar-refractivity contribution in [1.82, 2.24) is 5.32 Å². The molecule has 42 heavy (non-hydrogen) atoms. The van der Waals surface area contributed by atoms with Gasteiger partial charge in [-0.05, 0) is 46.8 Å². The van der Waals surface area contributed by atoms with Crippen molar-refractivity contribution in [2.45, 2.75) is 31.7 Å². The summed E-state index contributed by atoms with van der Waals surface area (Å²) in [6.07, 6.45) is 0.702. The van der Waals surface area contributed by atoms with E-state index in [2.05, 4.69) is 35.6 Å². The lowest BCUT2D eigenvalue weighted by atomic mass is 9.79. The predicted molar refractivity (Wildman–Crippen MR) is 164 cm³/mol. The van der Waals surface area contributed by atoms with Gasteiger partial charge < -0.3 is 34.1 Å². The van der Waals surface area contributed by atoms with Crippen molar-refractivity contribution >= 4 is 10.8 Å². The van der Waals surface area contributed by atoms with Crippen molar-refractivity contribution in [3.8, 4) is 17.2 Å². The Morgan fingerprint density at radius 3 is 2.40 bits per heavy atom. The number of aliphatic hydroxyl groups excluding tert-OH is 1. The van der Waals surface area contributed by atoms with E-state index in [1.54, 1.807) is 14.2 Å². The van der Waals surface area contributed by atoms with Crippen LogP contribution in [0.4, 0.5) is 0 Å². The zero-order valence-corrected chi connectivity index (χ0v) is 24.5. The number of benzene rings is 4. The van der Waals surface area contributed by atoms with E-state index in [1.807, 2.05) is 54.6 Å². The summed E-state index contributed by atoms with van der Waals surface area (Å²) in [7, 11) is 3.37. The Morgan fingerprint density at radius 2 is 1.60 bits per heavy atom. The van der Waals surface area contributed by atoms with Gasteiger partial charge in [0.2, 0.25) is 0 Å². The van der Waals surface area contributed by atoms with Crippen molar-refractivity contribution in [3.05, 3.63) is 102 Å². The van der Waals surface area contributed by atoms with E-state index in [0.29, 0.717) is 26.4 Å². The number of nitrogens with one attached hydrogen (secondary N) is 1. The van der Waals surface area contributed by atoms with Crippen LogP contribution in [0.25, 0.3) is 10.8 Å². The molecule has 7 nitrogen and oxygen atoms in total. The van der Waals surface area contributed by atoms with Crippen LogP contribution in [0.1, 0.15) is 29.0 Å². The number of piperidine rings is 1. The van der Waals surface area contributed by atoms with Gasteiger partial charge in [-0.15, -0.1) is 0 Å². The molecule has 4 aromatic rings. The largest absolute Gasteiger partial charge is 0.496 e. The second-order valence-electron chi connectivity index (χ2n) is 10.6. The highest BCUT2D eigenvalue weighted by atomic mass is 16.5. The zero-order chi connectivity index (χ0) is 29.1. The maximum Gasteiger partial charge on any atom is 0.127 e. The average Bonchev–Trinajstić information content (AvgIpc) is 3.05. The first-order valence-electron chi connectivity index (χ1n) is 14.6. The number of hydrogen-bond donors (Lipinski definition) is 2. The van der Waals surface area contributed by atoms with Gasteiger partial charge in [0.05, 0.1) is 46.8 Å². The highest BCUT2D eigenvalue weighted by Gasteiger charge is 2.35. The van der Waals surface area contributed by atoms with Gasteiger partial charge in [-0.3, -0.25) is 0 Å². The van der Waals surface area contributed by atoms with Gasteiger partial charge in [-0.1, -0.05) is 54.6 Å². The minimum Gasteiger partial charge on any atom is -0.496 e. The number of para-hydroxylation sites is 1. The number of methoxy groups -OCH3 is 2. The van der Waals surface area contributed by atoms with Crippen LogP contribution in [-0.4, -0.2) is 58.3 Å². The van der Waals surface area contributed by atoms with Crippen molar-refractivity contribution in [3.63, 3.8) is 0 Å². The van der Waals surface area contributed by atoms with Crippen LogP contribution in [0.15, 0.2) is 84.9 Å². The fourth-order valence-corrected chi connectivity index (χ4v) is 5.73. The van der Waals surface area contributed by atoms with Gasteiger partial charge in [-0.2, -0.15) is 0 Å². The van der Waals surface area contributed by atoms with E-state index >= 15 is 0 Å². The van der Waals surface area contributed by atoms with Crippen LogP contribution < -0.4 is 19.5 Å². The molecule has 5 rings (SSSR count). The van der Waals surface area contributed by atoms with E-state index in [9.17, 15) is 5.11 Å². The summed E-state index contributed by atoms with van der Waals surface area (Å²) in [5.41, 5.74) is 3.24. The van der Waals surface area contributed by atoms with Crippen LogP contribution in [0.5, 0.6) is 17.2 Å². The molecule has 2 unspecified atom stereocenters. The fraction of sp³-hybridized carbons (Fsp3) is 0.371. The molecule has 1 heterocycles. The third-order valence-corrected chi connectivity index (χ3v) is 7.88. The minimum atomic E-state index is -0.0829. The minimum absolute atomic E-state index is 0.0574. The number of ether oxygens (including phenoxy) is 5. The molecule has 0 aromatic heterocycles. The summed E-state index contributed by atoms with van der Waals surface area (Å²) < 4.78 is 29.3. The second kappa shape index (κ2) is 15.0. The lowest BCUT2D eigenvalue weighted by Gasteiger charge is -2.38. The van der Waals surface area contributed by atoms with Crippen molar-refractivity contribution in [1.29, 1.82) is 0 Å². The Morgan fingerprint density at radius 1 is 0.810 bits per heavy atom. The summed E-state index contributed by atoms with van der Waals surface area (Å²) in [6, 6.07) is 28.5. The molecule has 7 heteroatoms. The molecule has 1 fully saturated rings. The third-order valence-electron chi connectivity index (χ3n) is 7.88. The topological polar surface area (TPSA) is 78.4 Å². The zero-order valence-electron chi connectivity index (χ0n) is 24.5. The van der Waals surface area contributed by atoms with E-state index in [-0.39, 0.29) is 24.5 Å². The van der Waals surface area contributed by atoms with E-state index < -0.39 is 0 Å². The maximum atomic E-state index is 10.2. The first-order chi connectivity index (χ1) is 20.7. The molecule has 0 aliphatic carbocycles. The van der Waals surface area contributed by atoms with Crippen LogP contribution in [0, 0.1) is 5.92 Å². The molecule has 1 saturated heterocycles. The molecule has 0 saturated carbocycles. The van der Waals surface area contributed by atoms with E-state index in [0.717, 1.165) is 64.2 Å². The van der Waals surface area contributed by atoms with Crippen LogP contribution >= 0.6 is 0 Å². The average molecular weight is 572 g/mol. The van der Waals surface area contributed by atoms with Gasteiger partial charge in [0.25, 0.3) is 0 Å². The molecular weight excluding hydrogens is 530 g/mol. The standard InChI is InChI=1S/C35H41NO6/c1-38-32-11-6-4-9-28(32)24-40-16-7-17-41-30-14-12-26(13-15-30)35-29(22-37)20-36-21-34(35)42-23-25-18-27-8-3-5-10-31(27)33(19-25)39-2/h3-6,8-15,18-19,29,34-37H,7,16-17,20-24H2,1-2H3/t29?,34?,35-/m0/s1. The van der Waals surface area contributed by atoms with Gasteiger partial charge in [0.15, 0.2) is 0 Å². The Balaban J connectivity index is 1.15.